The molecule has 0 spiro atoms. The zero-order valence-electron chi connectivity index (χ0n) is 10.2. The molecule has 0 atom stereocenters. The van der Waals surface area contributed by atoms with Crippen LogP contribution in [0, 0.1) is 11.3 Å². The number of unbranched alkanes of at least 4 members (excludes halogenated alkanes) is 1. The van der Waals surface area contributed by atoms with Crippen LogP contribution in [0.2, 0.25) is 0 Å². The van der Waals surface area contributed by atoms with Gasteiger partial charge in [-0.2, -0.15) is 10.4 Å². The summed E-state index contributed by atoms with van der Waals surface area (Å²) in [6.45, 7) is 0.764. The second kappa shape index (κ2) is 5.87. The molecule has 4 nitrogen and oxygen atoms in total. The summed E-state index contributed by atoms with van der Waals surface area (Å²) < 4.78 is 1.70. The number of rotatable bonds is 5. The molecule has 0 amide bonds. The van der Waals surface area contributed by atoms with Crippen molar-refractivity contribution in [3.05, 3.63) is 47.7 Å². The molecule has 1 heterocycles. The van der Waals surface area contributed by atoms with Gasteiger partial charge in [0.1, 0.15) is 17.5 Å². The monoisotopic (exact) mass is 240 g/mol. The first-order chi connectivity index (χ1) is 8.81. The van der Waals surface area contributed by atoms with E-state index in [2.05, 4.69) is 29.4 Å². The van der Waals surface area contributed by atoms with Crippen LogP contribution in [0.25, 0.3) is 0 Å². The minimum absolute atomic E-state index is 0.457. The number of benzene rings is 1. The van der Waals surface area contributed by atoms with Gasteiger partial charge in [-0.3, -0.25) is 0 Å². The van der Waals surface area contributed by atoms with Gasteiger partial charge in [0.2, 0.25) is 0 Å². The van der Waals surface area contributed by atoms with Crippen LogP contribution in [0.3, 0.4) is 0 Å². The molecule has 1 aromatic carbocycles. The summed E-state index contributed by atoms with van der Waals surface area (Å²) in [5.41, 5.74) is 7.59. The maximum atomic E-state index is 8.77. The molecule has 0 bridgehead atoms. The molecule has 18 heavy (non-hydrogen) atoms. The van der Waals surface area contributed by atoms with E-state index in [4.69, 9.17) is 11.0 Å². The third-order valence-electron chi connectivity index (χ3n) is 2.93. The topological polar surface area (TPSA) is 67.6 Å². The standard InChI is InChI=1S/C14H16N4/c15-10-13-11-17-18(14(13)16)9-5-4-8-12-6-2-1-3-7-12/h1-3,6-7,11H,4-5,8-9,16H2. The molecule has 0 saturated carbocycles. The van der Waals surface area contributed by atoms with Crippen LogP contribution in [0.4, 0.5) is 5.82 Å². The highest BCUT2D eigenvalue weighted by molar-refractivity contribution is 5.47. The second-order valence-corrected chi connectivity index (χ2v) is 4.22. The van der Waals surface area contributed by atoms with Gasteiger partial charge in [-0.1, -0.05) is 30.3 Å². The Bertz CT molecular complexity index is 537. The van der Waals surface area contributed by atoms with E-state index in [1.165, 1.54) is 11.8 Å². The second-order valence-electron chi connectivity index (χ2n) is 4.22. The number of anilines is 1. The third kappa shape index (κ3) is 2.89. The van der Waals surface area contributed by atoms with Crippen LogP contribution in [-0.2, 0) is 13.0 Å². The molecule has 0 radical (unpaired) electrons. The lowest BCUT2D eigenvalue weighted by Gasteiger charge is -2.04. The molecular formula is C14H16N4. The quantitative estimate of drug-likeness (QED) is 0.816. The van der Waals surface area contributed by atoms with Crippen molar-refractivity contribution in [3.8, 4) is 6.07 Å². The average Bonchev–Trinajstić information content (AvgIpc) is 2.77. The van der Waals surface area contributed by atoms with Gasteiger partial charge in [0.25, 0.3) is 0 Å². The smallest absolute Gasteiger partial charge is 0.139 e. The fourth-order valence-electron chi connectivity index (χ4n) is 1.89. The highest BCUT2D eigenvalue weighted by atomic mass is 15.3. The lowest BCUT2D eigenvalue weighted by Crippen LogP contribution is -2.05. The zero-order valence-corrected chi connectivity index (χ0v) is 10.2. The summed E-state index contributed by atoms with van der Waals surface area (Å²) >= 11 is 0. The number of nitrogen functional groups attached to an aromatic ring is 1. The molecule has 0 fully saturated rings. The van der Waals surface area contributed by atoms with Crippen LogP contribution in [-0.4, -0.2) is 9.78 Å². The Morgan fingerprint density at radius 2 is 2.00 bits per heavy atom. The van der Waals surface area contributed by atoms with Crippen molar-refractivity contribution in [1.82, 2.24) is 9.78 Å². The molecule has 2 aromatic rings. The Morgan fingerprint density at radius 1 is 1.22 bits per heavy atom. The van der Waals surface area contributed by atoms with Crippen molar-refractivity contribution in [1.29, 1.82) is 5.26 Å². The van der Waals surface area contributed by atoms with Crippen molar-refractivity contribution in [2.75, 3.05) is 5.73 Å². The molecule has 2 N–H and O–H groups in total. The minimum Gasteiger partial charge on any atom is -0.383 e. The Kier molecular flexibility index (Phi) is 3.98. The van der Waals surface area contributed by atoms with E-state index in [1.807, 2.05) is 12.1 Å². The van der Waals surface area contributed by atoms with Crippen LogP contribution in [0.1, 0.15) is 24.0 Å². The largest absolute Gasteiger partial charge is 0.383 e. The Labute approximate surface area is 107 Å². The van der Waals surface area contributed by atoms with Crippen LogP contribution in [0.15, 0.2) is 36.5 Å². The van der Waals surface area contributed by atoms with E-state index in [0.717, 1.165) is 25.8 Å². The maximum Gasteiger partial charge on any atom is 0.139 e. The Morgan fingerprint density at radius 3 is 2.67 bits per heavy atom. The fourth-order valence-corrected chi connectivity index (χ4v) is 1.89. The van der Waals surface area contributed by atoms with Crippen molar-refractivity contribution in [3.63, 3.8) is 0 Å². The number of nitrogens with two attached hydrogens (primary N) is 1. The van der Waals surface area contributed by atoms with Gasteiger partial charge in [-0.15, -0.1) is 0 Å². The number of aromatic nitrogens is 2. The van der Waals surface area contributed by atoms with Gasteiger partial charge in [0, 0.05) is 6.54 Å². The molecule has 0 aliphatic heterocycles. The molecule has 0 aliphatic rings. The van der Waals surface area contributed by atoms with Crippen molar-refractivity contribution in [2.45, 2.75) is 25.8 Å². The maximum absolute atomic E-state index is 8.77. The van der Waals surface area contributed by atoms with Gasteiger partial charge in [-0.25, -0.2) is 4.68 Å². The first-order valence-corrected chi connectivity index (χ1v) is 6.06. The van der Waals surface area contributed by atoms with Crippen molar-refractivity contribution in [2.24, 2.45) is 0 Å². The normalized spacial score (nSPS) is 10.2. The molecule has 4 heteroatoms. The molecule has 92 valence electrons. The van der Waals surface area contributed by atoms with E-state index in [9.17, 15) is 0 Å². The van der Waals surface area contributed by atoms with Gasteiger partial charge < -0.3 is 5.73 Å². The molecular weight excluding hydrogens is 224 g/mol. The van der Waals surface area contributed by atoms with Crippen molar-refractivity contribution < 1.29 is 0 Å². The van der Waals surface area contributed by atoms with E-state index in [1.54, 1.807) is 4.68 Å². The molecule has 1 aromatic heterocycles. The predicted octanol–water partition coefficient (Wildman–Crippen LogP) is 2.36. The number of hydrogen-bond acceptors (Lipinski definition) is 3. The van der Waals surface area contributed by atoms with Gasteiger partial charge in [-0.05, 0) is 24.8 Å². The summed E-state index contributed by atoms with van der Waals surface area (Å²) in [6, 6.07) is 12.4. The summed E-state index contributed by atoms with van der Waals surface area (Å²) in [5.74, 6) is 0.470. The van der Waals surface area contributed by atoms with E-state index in [-0.39, 0.29) is 0 Å². The summed E-state index contributed by atoms with van der Waals surface area (Å²) in [5, 5.41) is 12.9. The van der Waals surface area contributed by atoms with Gasteiger partial charge >= 0.3 is 0 Å². The summed E-state index contributed by atoms with van der Waals surface area (Å²) in [4.78, 5) is 0. The number of hydrogen-bond donors (Lipinski definition) is 1. The Hall–Kier alpha value is -2.28. The van der Waals surface area contributed by atoms with E-state index < -0.39 is 0 Å². The fraction of sp³-hybridized carbons (Fsp3) is 0.286. The number of nitriles is 1. The number of nitrogens with zero attached hydrogens (tertiary/aromatic N) is 3. The molecule has 0 saturated heterocycles. The molecule has 2 rings (SSSR count). The van der Waals surface area contributed by atoms with Gasteiger partial charge in [0.15, 0.2) is 0 Å². The first-order valence-electron chi connectivity index (χ1n) is 6.06. The SMILES string of the molecule is N#Cc1cnn(CCCCc2ccccc2)c1N. The highest BCUT2D eigenvalue weighted by Gasteiger charge is 2.05. The minimum atomic E-state index is 0.457. The predicted molar refractivity (Wildman–Crippen MR) is 70.7 cm³/mol. The molecule has 0 unspecified atom stereocenters. The van der Waals surface area contributed by atoms with Crippen molar-refractivity contribution >= 4 is 5.82 Å². The zero-order chi connectivity index (χ0) is 12.8. The Balaban J connectivity index is 1.79. The van der Waals surface area contributed by atoms with Crippen LogP contribution < -0.4 is 5.73 Å². The lowest BCUT2D eigenvalue weighted by molar-refractivity contribution is 0.564. The highest BCUT2D eigenvalue weighted by Crippen LogP contribution is 2.11. The summed E-state index contributed by atoms with van der Waals surface area (Å²) in [7, 11) is 0. The molecule has 0 aliphatic carbocycles. The van der Waals surface area contributed by atoms with E-state index in [0.29, 0.717) is 11.4 Å². The lowest BCUT2D eigenvalue weighted by atomic mass is 10.1. The van der Waals surface area contributed by atoms with Crippen LogP contribution in [0.5, 0.6) is 0 Å². The first kappa shape index (κ1) is 12.2. The van der Waals surface area contributed by atoms with Gasteiger partial charge in [0.05, 0.1) is 6.20 Å². The summed E-state index contributed by atoms with van der Waals surface area (Å²) in [6.07, 6.45) is 4.68. The average molecular weight is 240 g/mol. The number of aryl methyl sites for hydroxylation is 2. The van der Waals surface area contributed by atoms with Crippen LogP contribution >= 0.6 is 0 Å². The third-order valence-corrected chi connectivity index (χ3v) is 2.93. The van der Waals surface area contributed by atoms with E-state index >= 15 is 0 Å².